The lowest BCUT2D eigenvalue weighted by Crippen LogP contribution is -2.20. The van der Waals surface area contributed by atoms with E-state index in [1.54, 1.807) is 35.0 Å². The van der Waals surface area contributed by atoms with Crippen LogP contribution in [0.4, 0.5) is 15.9 Å². The van der Waals surface area contributed by atoms with Crippen molar-refractivity contribution in [3.05, 3.63) is 60.2 Å². The SMILES string of the molecule is NCCCCC(O)Nc1cnc(-c2cc(-c3ccon3)n(Cc3ccccc3F)n2)nc1N. The summed E-state index contributed by atoms with van der Waals surface area (Å²) in [4.78, 5) is 8.67. The van der Waals surface area contributed by atoms with Crippen LogP contribution in [0.3, 0.4) is 0 Å². The largest absolute Gasteiger partial charge is 0.382 e. The highest BCUT2D eigenvalue weighted by Gasteiger charge is 2.18. The fourth-order valence-corrected chi connectivity index (χ4v) is 3.35. The normalized spacial score (nSPS) is 12.1. The molecule has 4 rings (SSSR count). The standard InChI is InChI=1S/C22H25FN8O2/c23-15-6-2-1-5-14(15)13-31-19(16-8-10-33-30-16)11-17(29-31)22-26-12-18(21(25)28-22)27-20(32)7-3-4-9-24/h1-2,5-6,8,10-12,20,27,32H,3-4,7,9,13,24H2,(H2,25,26,28). The van der Waals surface area contributed by atoms with Crippen LogP contribution in [0.25, 0.3) is 22.9 Å². The van der Waals surface area contributed by atoms with Crippen LogP contribution in [0.5, 0.6) is 0 Å². The van der Waals surface area contributed by atoms with Gasteiger partial charge in [-0.2, -0.15) is 5.10 Å². The summed E-state index contributed by atoms with van der Waals surface area (Å²) in [7, 11) is 0. The number of unbranched alkanes of at least 4 members (excludes halogenated alkanes) is 1. The second kappa shape index (κ2) is 10.2. The molecule has 0 saturated carbocycles. The van der Waals surface area contributed by atoms with E-state index < -0.39 is 6.23 Å². The topological polar surface area (TPSA) is 154 Å². The van der Waals surface area contributed by atoms with Crippen molar-refractivity contribution in [1.29, 1.82) is 0 Å². The van der Waals surface area contributed by atoms with Crippen LogP contribution in [0.15, 0.2) is 53.4 Å². The molecule has 0 saturated heterocycles. The lowest BCUT2D eigenvalue weighted by molar-refractivity contribution is 0.189. The van der Waals surface area contributed by atoms with E-state index in [4.69, 9.17) is 16.0 Å². The molecule has 0 bridgehead atoms. The Kier molecular flexibility index (Phi) is 6.91. The fourth-order valence-electron chi connectivity index (χ4n) is 3.35. The highest BCUT2D eigenvalue weighted by atomic mass is 19.1. The van der Waals surface area contributed by atoms with Crippen molar-refractivity contribution in [2.75, 3.05) is 17.6 Å². The second-order valence-electron chi connectivity index (χ2n) is 7.49. The molecule has 3 aromatic heterocycles. The average Bonchev–Trinajstić information content (AvgIpc) is 3.47. The monoisotopic (exact) mass is 452 g/mol. The van der Waals surface area contributed by atoms with E-state index in [-0.39, 0.29) is 24.0 Å². The first-order valence-corrected chi connectivity index (χ1v) is 10.5. The molecular formula is C22H25FN8O2. The molecule has 0 radical (unpaired) electrons. The number of aromatic nitrogens is 5. The van der Waals surface area contributed by atoms with Gasteiger partial charge in [-0.15, -0.1) is 0 Å². The van der Waals surface area contributed by atoms with Gasteiger partial charge in [0, 0.05) is 11.6 Å². The van der Waals surface area contributed by atoms with Crippen molar-refractivity contribution in [1.82, 2.24) is 24.9 Å². The number of aliphatic hydroxyl groups is 1. The molecule has 0 aliphatic heterocycles. The number of halogens is 1. The Bertz CT molecular complexity index is 1200. The van der Waals surface area contributed by atoms with Crippen molar-refractivity contribution < 1.29 is 14.0 Å². The smallest absolute Gasteiger partial charge is 0.182 e. The third kappa shape index (κ3) is 5.33. The van der Waals surface area contributed by atoms with Crippen molar-refractivity contribution in [3.63, 3.8) is 0 Å². The Labute approximate surface area is 189 Å². The summed E-state index contributed by atoms with van der Waals surface area (Å²) < 4.78 is 20.8. The maximum Gasteiger partial charge on any atom is 0.182 e. The van der Waals surface area contributed by atoms with Gasteiger partial charge in [-0.25, -0.2) is 14.4 Å². The maximum atomic E-state index is 14.2. The lowest BCUT2D eigenvalue weighted by atomic mass is 10.2. The van der Waals surface area contributed by atoms with Crippen LogP contribution in [-0.2, 0) is 6.54 Å². The van der Waals surface area contributed by atoms with E-state index >= 15 is 0 Å². The minimum absolute atomic E-state index is 0.171. The van der Waals surface area contributed by atoms with Crippen LogP contribution >= 0.6 is 0 Å². The Balaban J connectivity index is 1.60. The summed E-state index contributed by atoms with van der Waals surface area (Å²) in [6, 6.07) is 9.91. The first kappa shape index (κ1) is 22.4. The molecule has 0 aliphatic carbocycles. The minimum Gasteiger partial charge on any atom is -0.382 e. The highest BCUT2D eigenvalue weighted by Crippen LogP contribution is 2.26. The number of benzene rings is 1. The quantitative estimate of drug-likeness (QED) is 0.210. The zero-order valence-electron chi connectivity index (χ0n) is 17.9. The molecule has 4 aromatic rings. The number of hydrogen-bond acceptors (Lipinski definition) is 9. The number of nitrogens with two attached hydrogens (primary N) is 2. The molecule has 33 heavy (non-hydrogen) atoms. The summed E-state index contributed by atoms with van der Waals surface area (Å²) in [5, 5.41) is 21.6. The van der Waals surface area contributed by atoms with Crippen LogP contribution in [0, 0.1) is 5.82 Å². The van der Waals surface area contributed by atoms with Gasteiger partial charge in [0.05, 0.1) is 24.1 Å². The first-order chi connectivity index (χ1) is 16.0. The highest BCUT2D eigenvalue weighted by molar-refractivity contribution is 5.67. The van der Waals surface area contributed by atoms with E-state index in [2.05, 4.69) is 25.5 Å². The van der Waals surface area contributed by atoms with Crippen molar-refractivity contribution in [2.45, 2.75) is 32.0 Å². The van der Waals surface area contributed by atoms with Crippen molar-refractivity contribution in [2.24, 2.45) is 5.73 Å². The molecule has 0 aliphatic rings. The Morgan fingerprint density at radius 1 is 1.18 bits per heavy atom. The van der Waals surface area contributed by atoms with Gasteiger partial charge in [0.25, 0.3) is 0 Å². The predicted molar refractivity (Wildman–Crippen MR) is 121 cm³/mol. The zero-order valence-corrected chi connectivity index (χ0v) is 17.9. The van der Waals surface area contributed by atoms with Crippen LogP contribution in [0.1, 0.15) is 24.8 Å². The molecule has 0 fully saturated rings. The maximum absolute atomic E-state index is 14.2. The van der Waals surface area contributed by atoms with Gasteiger partial charge >= 0.3 is 0 Å². The van der Waals surface area contributed by atoms with E-state index in [0.717, 1.165) is 12.8 Å². The number of anilines is 2. The number of nitrogens with zero attached hydrogens (tertiary/aromatic N) is 5. The zero-order chi connectivity index (χ0) is 23.2. The van der Waals surface area contributed by atoms with Gasteiger partial charge in [-0.3, -0.25) is 4.68 Å². The van der Waals surface area contributed by atoms with E-state index in [0.29, 0.717) is 41.3 Å². The van der Waals surface area contributed by atoms with E-state index in [1.807, 2.05) is 0 Å². The van der Waals surface area contributed by atoms with Crippen LogP contribution < -0.4 is 16.8 Å². The molecular weight excluding hydrogens is 427 g/mol. The third-order valence-corrected chi connectivity index (χ3v) is 5.06. The van der Waals surface area contributed by atoms with Crippen LogP contribution in [0.2, 0.25) is 0 Å². The number of nitrogens with one attached hydrogen (secondary N) is 1. The second-order valence-corrected chi connectivity index (χ2v) is 7.49. The molecule has 3 heterocycles. The Morgan fingerprint density at radius 2 is 2.03 bits per heavy atom. The van der Waals surface area contributed by atoms with Gasteiger partial charge < -0.3 is 26.4 Å². The molecule has 11 heteroatoms. The number of nitrogen functional groups attached to an aromatic ring is 1. The number of aliphatic hydroxyl groups excluding tert-OH is 1. The lowest BCUT2D eigenvalue weighted by Gasteiger charge is -2.15. The summed E-state index contributed by atoms with van der Waals surface area (Å²) in [5.74, 6) is 0.124. The molecule has 1 unspecified atom stereocenters. The average molecular weight is 452 g/mol. The summed E-state index contributed by atoms with van der Waals surface area (Å²) >= 11 is 0. The number of hydrogen-bond donors (Lipinski definition) is 4. The van der Waals surface area contributed by atoms with Crippen molar-refractivity contribution >= 4 is 11.5 Å². The Hall–Kier alpha value is -3.83. The van der Waals surface area contributed by atoms with Crippen LogP contribution in [-0.4, -0.2) is 42.8 Å². The van der Waals surface area contributed by atoms with Gasteiger partial charge in [-0.1, -0.05) is 23.4 Å². The third-order valence-electron chi connectivity index (χ3n) is 5.06. The molecule has 1 atom stereocenters. The Morgan fingerprint density at radius 3 is 2.76 bits per heavy atom. The molecule has 10 nitrogen and oxygen atoms in total. The minimum atomic E-state index is -0.785. The molecule has 6 N–H and O–H groups in total. The van der Waals surface area contributed by atoms with Gasteiger partial charge in [-0.05, 0) is 37.9 Å². The molecule has 0 amide bonds. The molecule has 0 spiro atoms. The predicted octanol–water partition coefficient (Wildman–Crippen LogP) is 2.62. The summed E-state index contributed by atoms with van der Waals surface area (Å²) in [5.41, 5.74) is 14.0. The van der Waals surface area contributed by atoms with Gasteiger partial charge in [0.2, 0.25) is 0 Å². The van der Waals surface area contributed by atoms with E-state index in [9.17, 15) is 9.50 Å². The van der Waals surface area contributed by atoms with Gasteiger partial charge in [0.1, 0.15) is 29.7 Å². The van der Waals surface area contributed by atoms with Gasteiger partial charge in [0.15, 0.2) is 11.6 Å². The fraction of sp³-hybridized carbons (Fsp3) is 0.273. The van der Waals surface area contributed by atoms with E-state index in [1.165, 1.54) is 18.5 Å². The molecule has 1 aromatic carbocycles. The molecule has 172 valence electrons. The summed E-state index contributed by atoms with van der Waals surface area (Å²) in [6.45, 7) is 0.755. The summed E-state index contributed by atoms with van der Waals surface area (Å²) in [6.07, 6.45) is 4.30. The first-order valence-electron chi connectivity index (χ1n) is 10.5. The number of rotatable bonds is 10. The van der Waals surface area contributed by atoms with Crippen molar-refractivity contribution in [3.8, 4) is 22.9 Å².